The van der Waals surface area contributed by atoms with Crippen LogP contribution in [-0.4, -0.2) is 0 Å². The second-order valence-corrected chi connectivity index (χ2v) is 6.59. The van der Waals surface area contributed by atoms with Crippen molar-refractivity contribution in [2.75, 3.05) is 0 Å². The maximum Gasteiger partial charge on any atom is 0.0352 e. The lowest BCUT2D eigenvalue weighted by molar-refractivity contribution is 0.588. The van der Waals surface area contributed by atoms with Crippen LogP contribution in [0.1, 0.15) is 36.8 Å². The van der Waals surface area contributed by atoms with E-state index in [1.807, 2.05) is 0 Å². The van der Waals surface area contributed by atoms with Crippen LogP contribution in [-0.2, 0) is 0 Å². The van der Waals surface area contributed by atoms with Crippen LogP contribution in [0.25, 0.3) is 11.1 Å². The summed E-state index contributed by atoms with van der Waals surface area (Å²) in [6, 6.07) is 17.9. The topological polar surface area (TPSA) is 0 Å². The van der Waals surface area contributed by atoms with Crippen LogP contribution in [0.4, 0.5) is 0 Å². The average Bonchev–Trinajstić information content (AvgIpc) is 3.01. The van der Waals surface area contributed by atoms with Crippen molar-refractivity contribution < 1.29 is 0 Å². The molecule has 0 nitrogen and oxygen atoms in total. The molecule has 0 heterocycles. The van der Waals surface area contributed by atoms with Gasteiger partial charge in [0.1, 0.15) is 0 Å². The molecule has 102 valence electrons. The molecule has 0 spiro atoms. The van der Waals surface area contributed by atoms with Gasteiger partial charge in [-0.15, -0.1) is 0 Å². The fourth-order valence-electron chi connectivity index (χ4n) is 4.59. The molecule has 0 saturated carbocycles. The maximum absolute atomic E-state index is 2.50. The molecular formula is C21H18. The molecule has 0 radical (unpaired) electrons. The van der Waals surface area contributed by atoms with E-state index in [9.17, 15) is 0 Å². The predicted octanol–water partition coefficient (Wildman–Crippen LogP) is 5.47. The van der Waals surface area contributed by atoms with Crippen molar-refractivity contribution in [1.29, 1.82) is 0 Å². The first kappa shape index (κ1) is 11.6. The number of fused-ring (bicyclic) bond motifs is 3. The zero-order valence-corrected chi connectivity index (χ0v) is 12.3. The van der Waals surface area contributed by atoms with Crippen LogP contribution in [0.3, 0.4) is 0 Å². The van der Waals surface area contributed by atoms with Gasteiger partial charge in [0.05, 0.1) is 0 Å². The summed E-state index contributed by atoms with van der Waals surface area (Å²) >= 11 is 0. The quantitative estimate of drug-likeness (QED) is 0.645. The molecule has 2 aromatic carbocycles. The van der Waals surface area contributed by atoms with Crippen LogP contribution in [0.5, 0.6) is 0 Å². The van der Waals surface area contributed by atoms with Crippen LogP contribution >= 0.6 is 0 Å². The Hall–Kier alpha value is -2.08. The highest BCUT2D eigenvalue weighted by Gasteiger charge is 2.39. The van der Waals surface area contributed by atoms with Crippen molar-refractivity contribution in [3.63, 3.8) is 0 Å². The minimum atomic E-state index is 0.465. The van der Waals surface area contributed by atoms with Gasteiger partial charge < -0.3 is 0 Å². The van der Waals surface area contributed by atoms with Crippen molar-refractivity contribution in [2.45, 2.75) is 25.7 Å². The van der Waals surface area contributed by atoms with E-state index in [2.05, 4.69) is 61.5 Å². The zero-order valence-electron chi connectivity index (χ0n) is 12.3. The largest absolute Gasteiger partial charge is 0.0760 e. The Labute approximate surface area is 125 Å². The second kappa shape index (κ2) is 3.98. The molecule has 0 bridgehead atoms. The summed E-state index contributed by atoms with van der Waals surface area (Å²) in [5.41, 5.74) is 10.8. The summed E-state index contributed by atoms with van der Waals surface area (Å²) in [5, 5.41) is 0. The Morgan fingerprint density at radius 3 is 2.10 bits per heavy atom. The normalized spacial score (nSPS) is 22.5. The van der Waals surface area contributed by atoms with Gasteiger partial charge in [-0.1, -0.05) is 67.1 Å². The summed E-state index contributed by atoms with van der Waals surface area (Å²) in [7, 11) is 0. The lowest BCUT2D eigenvalue weighted by Crippen LogP contribution is -2.16. The molecule has 0 saturated heterocycles. The average molecular weight is 270 g/mol. The summed E-state index contributed by atoms with van der Waals surface area (Å²) in [6.45, 7) is 2.38. The molecule has 3 aliphatic carbocycles. The smallest absolute Gasteiger partial charge is 0.0352 e. The fraction of sp³-hybridized carbons (Fsp3) is 0.238. The van der Waals surface area contributed by atoms with Gasteiger partial charge >= 0.3 is 0 Å². The van der Waals surface area contributed by atoms with E-state index in [1.165, 1.54) is 35.1 Å². The molecule has 2 aromatic rings. The summed E-state index contributed by atoms with van der Waals surface area (Å²) in [5.74, 6) is 1.22. The highest BCUT2D eigenvalue weighted by atomic mass is 14.4. The summed E-state index contributed by atoms with van der Waals surface area (Å²) < 4.78 is 0. The van der Waals surface area contributed by atoms with Gasteiger partial charge in [0, 0.05) is 5.92 Å². The van der Waals surface area contributed by atoms with Crippen LogP contribution in [0.15, 0.2) is 71.3 Å². The lowest BCUT2D eigenvalue weighted by atomic mass is 9.73. The highest BCUT2D eigenvalue weighted by Crippen LogP contribution is 2.56. The minimum Gasteiger partial charge on any atom is -0.0760 e. The van der Waals surface area contributed by atoms with E-state index < -0.39 is 0 Å². The third-order valence-electron chi connectivity index (χ3n) is 5.45. The van der Waals surface area contributed by atoms with Crippen molar-refractivity contribution in [3.05, 3.63) is 82.5 Å². The molecule has 0 fully saturated rings. The summed E-state index contributed by atoms with van der Waals surface area (Å²) in [6.07, 6.45) is 5.00. The van der Waals surface area contributed by atoms with Crippen LogP contribution in [0.2, 0.25) is 0 Å². The Balaban J connectivity index is 1.74. The Morgan fingerprint density at radius 1 is 0.857 bits per heavy atom. The monoisotopic (exact) mass is 270 g/mol. The van der Waals surface area contributed by atoms with Gasteiger partial charge in [-0.3, -0.25) is 0 Å². The van der Waals surface area contributed by atoms with Gasteiger partial charge in [-0.2, -0.15) is 0 Å². The van der Waals surface area contributed by atoms with E-state index in [0.717, 1.165) is 5.92 Å². The predicted molar refractivity (Wildman–Crippen MR) is 87.2 cm³/mol. The van der Waals surface area contributed by atoms with Gasteiger partial charge in [0.25, 0.3) is 0 Å². The maximum atomic E-state index is 2.50. The number of benzene rings is 2. The highest BCUT2D eigenvalue weighted by molar-refractivity contribution is 5.81. The van der Waals surface area contributed by atoms with Crippen molar-refractivity contribution in [2.24, 2.45) is 5.92 Å². The fourth-order valence-corrected chi connectivity index (χ4v) is 4.59. The first-order valence-electron chi connectivity index (χ1n) is 7.95. The molecule has 1 atom stereocenters. The molecule has 3 aliphatic rings. The molecule has 1 unspecified atom stereocenters. The number of rotatable bonds is 1. The molecule has 0 amide bonds. The lowest BCUT2D eigenvalue weighted by Gasteiger charge is -2.31. The SMILES string of the molecule is CC1CC2=C1C(C1c3ccccc3-c3ccccc31)=CC2. The number of allylic oxidation sites excluding steroid dienone is 4. The van der Waals surface area contributed by atoms with Crippen LogP contribution in [0, 0.1) is 5.92 Å². The van der Waals surface area contributed by atoms with Gasteiger partial charge in [-0.25, -0.2) is 0 Å². The minimum absolute atomic E-state index is 0.465. The van der Waals surface area contributed by atoms with Crippen LogP contribution < -0.4 is 0 Å². The van der Waals surface area contributed by atoms with E-state index in [1.54, 1.807) is 16.7 Å². The van der Waals surface area contributed by atoms with Gasteiger partial charge in [-0.05, 0) is 52.2 Å². The Kier molecular flexibility index (Phi) is 2.19. The van der Waals surface area contributed by atoms with Crippen molar-refractivity contribution in [1.82, 2.24) is 0 Å². The van der Waals surface area contributed by atoms with Gasteiger partial charge in [0.2, 0.25) is 0 Å². The number of hydrogen-bond donors (Lipinski definition) is 0. The molecule has 21 heavy (non-hydrogen) atoms. The first-order valence-corrected chi connectivity index (χ1v) is 7.95. The standard InChI is InChI=1S/C21H18/c1-13-12-14-10-11-19(20(13)14)21-17-8-4-2-6-15(17)16-7-3-5-9-18(16)21/h2-9,11,13,21H,10,12H2,1H3. The molecule has 0 N–H and O–H groups in total. The third kappa shape index (κ3) is 1.40. The molecule has 0 heteroatoms. The number of hydrogen-bond acceptors (Lipinski definition) is 0. The molecule has 0 aliphatic heterocycles. The second-order valence-electron chi connectivity index (χ2n) is 6.59. The van der Waals surface area contributed by atoms with E-state index in [-0.39, 0.29) is 0 Å². The Bertz CT molecular complexity index is 774. The zero-order chi connectivity index (χ0) is 14.0. The van der Waals surface area contributed by atoms with Crippen molar-refractivity contribution >= 4 is 0 Å². The third-order valence-corrected chi connectivity index (χ3v) is 5.45. The van der Waals surface area contributed by atoms with E-state index in [4.69, 9.17) is 0 Å². The first-order chi connectivity index (χ1) is 10.3. The van der Waals surface area contributed by atoms with E-state index >= 15 is 0 Å². The Morgan fingerprint density at radius 2 is 1.48 bits per heavy atom. The summed E-state index contributed by atoms with van der Waals surface area (Å²) in [4.78, 5) is 0. The molecular weight excluding hydrogens is 252 g/mol. The molecule has 0 aromatic heterocycles. The van der Waals surface area contributed by atoms with Gasteiger partial charge in [0.15, 0.2) is 0 Å². The molecule has 5 rings (SSSR count). The van der Waals surface area contributed by atoms with E-state index in [0.29, 0.717) is 5.92 Å². The van der Waals surface area contributed by atoms with Crippen molar-refractivity contribution in [3.8, 4) is 11.1 Å².